The Morgan fingerprint density at radius 1 is 0.385 bits per heavy atom. The van der Waals surface area contributed by atoms with Gasteiger partial charge in [0, 0.05) is 16.9 Å². The van der Waals surface area contributed by atoms with Crippen molar-refractivity contribution in [1.82, 2.24) is 0 Å². The summed E-state index contributed by atoms with van der Waals surface area (Å²) >= 11 is 0. The van der Waals surface area contributed by atoms with Crippen molar-refractivity contribution in [2.75, 3.05) is 5.32 Å². The van der Waals surface area contributed by atoms with Gasteiger partial charge in [-0.3, -0.25) is 0 Å². The standard InChI is InChI=1S/C51H43N/c1-49(2)29-30-50(3,4)48-39(20-14-24-45(48)49)41-31-40-38-19-10-13-23-44(38)51(42-21-11-8-17-36(42)37-18-9-12-22-43(37)51)46(40)32-47(41)52-35-27-25-34(26-28-35)33-15-6-5-7-16-33/h5-28,31-32,52H,29-30H2,1-4H3. The van der Waals surface area contributed by atoms with Gasteiger partial charge in [-0.1, -0.05) is 161 Å². The first-order chi connectivity index (χ1) is 25.3. The van der Waals surface area contributed by atoms with Gasteiger partial charge in [0.05, 0.1) is 5.41 Å². The van der Waals surface area contributed by atoms with Crippen molar-refractivity contribution in [2.45, 2.75) is 56.8 Å². The lowest BCUT2D eigenvalue weighted by molar-refractivity contribution is 0.333. The third-order valence-corrected chi connectivity index (χ3v) is 12.5. The molecule has 0 amide bonds. The minimum absolute atomic E-state index is 0.0531. The predicted octanol–water partition coefficient (Wildman–Crippen LogP) is 13.5. The topological polar surface area (TPSA) is 12.0 Å². The fourth-order valence-electron chi connectivity index (χ4n) is 9.95. The number of nitrogens with one attached hydrogen (secondary N) is 1. The van der Waals surface area contributed by atoms with Gasteiger partial charge in [-0.25, -0.2) is 0 Å². The zero-order chi connectivity index (χ0) is 35.2. The first-order valence-electron chi connectivity index (χ1n) is 18.8. The lowest BCUT2D eigenvalue weighted by Crippen LogP contribution is -2.34. The molecule has 1 nitrogen and oxygen atoms in total. The van der Waals surface area contributed by atoms with Crippen LogP contribution in [0.2, 0.25) is 0 Å². The number of rotatable bonds is 4. The summed E-state index contributed by atoms with van der Waals surface area (Å²) in [6.45, 7) is 9.75. The Morgan fingerprint density at radius 3 is 1.52 bits per heavy atom. The molecule has 1 spiro atoms. The zero-order valence-corrected chi connectivity index (χ0v) is 30.4. The molecule has 3 aliphatic carbocycles. The SMILES string of the molecule is CC1(C)CCC(C)(C)c2c(-c3cc4c(cc3Nc3ccc(-c5ccccc5)cc3)C3(c5ccccc5-c5ccccc53)c3ccccc3-4)cccc21. The minimum Gasteiger partial charge on any atom is -0.355 e. The van der Waals surface area contributed by atoms with Crippen molar-refractivity contribution < 1.29 is 0 Å². The molecule has 7 aromatic rings. The number of benzene rings is 7. The normalized spacial score (nSPS) is 16.4. The minimum atomic E-state index is -0.400. The summed E-state index contributed by atoms with van der Waals surface area (Å²) in [5, 5.41) is 4.02. The van der Waals surface area contributed by atoms with Crippen molar-refractivity contribution >= 4 is 11.4 Å². The molecule has 52 heavy (non-hydrogen) atoms. The van der Waals surface area contributed by atoms with E-state index in [1.807, 2.05) is 0 Å². The van der Waals surface area contributed by atoms with Crippen LogP contribution < -0.4 is 5.32 Å². The number of hydrogen-bond donors (Lipinski definition) is 1. The Labute approximate surface area is 308 Å². The summed E-state index contributed by atoms with van der Waals surface area (Å²) in [7, 11) is 0. The van der Waals surface area contributed by atoms with Gasteiger partial charge in [-0.15, -0.1) is 0 Å². The summed E-state index contributed by atoms with van der Waals surface area (Å²) < 4.78 is 0. The quantitative estimate of drug-likeness (QED) is 0.197. The average molecular weight is 670 g/mol. The predicted molar refractivity (Wildman–Crippen MR) is 219 cm³/mol. The molecule has 1 N–H and O–H groups in total. The van der Waals surface area contributed by atoms with Crippen molar-refractivity contribution in [3.63, 3.8) is 0 Å². The van der Waals surface area contributed by atoms with E-state index >= 15 is 0 Å². The summed E-state index contributed by atoms with van der Waals surface area (Å²) in [5.74, 6) is 0. The molecule has 0 heterocycles. The highest BCUT2D eigenvalue weighted by Crippen LogP contribution is 2.64. The van der Waals surface area contributed by atoms with E-state index in [2.05, 4.69) is 191 Å². The third kappa shape index (κ3) is 4.35. The molecule has 0 atom stereocenters. The second kappa shape index (κ2) is 11.2. The van der Waals surface area contributed by atoms with E-state index in [0.29, 0.717) is 0 Å². The molecule has 0 unspecified atom stereocenters. The summed E-state index contributed by atoms with van der Waals surface area (Å²) in [5.41, 5.74) is 20.8. The van der Waals surface area contributed by atoms with Gasteiger partial charge in [0.2, 0.25) is 0 Å². The maximum absolute atomic E-state index is 4.02. The van der Waals surface area contributed by atoms with E-state index in [9.17, 15) is 0 Å². The maximum Gasteiger partial charge on any atom is 0.0726 e. The molecule has 252 valence electrons. The van der Waals surface area contributed by atoms with Crippen LogP contribution in [-0.2, 0) is 16.2 Å². The van der Waals surface area contributed by atoms with Crippen molar-refractivity contribution in [1.29, 1.82) is 0 Å². The molecule has 0 aliphatic heterocycles. The van der Waals surface area contributed by atoms with Gasteiger partial charge in [0.15, 0.2) is 0 Å². The van der Waals surface area contributed by atoms with E-state index in [1.54, 1.807) is 0 Å². The smallest absolute Gasteiger partial charge is 0.0726 e. The van der Waals surface area contributed by atoms with E-state index < -0.39 is 5.41 Å². The Balaban J connectivity index is 1.26. The van der Waals surface area contributed by atoms with Gasteiger partial charge in [-0.2, -0.15) is 0 Å². The molecule has 0 aromatic heterocycles. The Bertz CT molecular complexity index is 2490. The summed E-state index contributed by atoms with van der Waals surface area (Å²) in [6, 6.07) is 59.0. The Kier molecular flexibility index (Phi) is 6.68. The van der Waals surface area contributed by atoms with Crippen LogP contribution in [0.15, 0.2) is 158 Å². The molecular weight excluding hydrogens is 627 g/mol. The highest BCUT2D eigenvalue weighted by atomic mass is 14.9. The van der Waals surface area contributed by atoms with E-state index in [-0.39, 0.29) is 10.8 Å². The third-order valence-electron chi connectivity index (χ3n) is 12.5. The van der Waals surface area contributed by atoms with Gasteiger partial charge in [0.1, 0.15) is 0 Å². The van der Waals surface area contributed by atoms with E-state index in [4.69, 9.17) is 0 Å². The van der Waals surface area contributed by atoms with Gasteiger partial charge < -0.3 is 5.32 Å². The highest BCUT2D eigenvalue weighted by Gasteiger charge is 2.52. The molecule has 0 fully saturated rings. The van der Waals surface area contributed by atoms with Crippen LogP contribution in [0.5, 0.6) is 0 Å². The Hall–Kier alpha value is -5.66. The van der Waals surface area contributed by atoms with Crippen LogP contribution in [0.1, 0.15) is 73.9 Å². The summed E-state index contributed by atoms with van der Waals surface area (Å²) in [4.78, 5) is 0. The molecule has 7 aromatic carbocycles. The van der Waals surface area contributed by atoms with Crippen LogP contribution in [-0.4, -0.2) is 0 Å². The van der Waals surface area contributed by atoms with Gasteiger partial charge in [0.25, 0.3) is 0 Å². The van der Waals surface area contributed by atoms with Gasteiger partial charge >= 0.3 is 0 Å². The first kappa shape index (κ1) is 31.1. The molecular formula is C51H43N. The highest BCUT2D eigenvalue weighted by molar-refractivity contribution is 5.99. The van der Waals surface area contributed by atoms with Crippen molar-refractivity contribution in [2.24, 2.45) is 0 Å². The number of fused-ring (bicyclic) bond motifs is 11. The van der Waals surface area contributed by atoms with Crippen LogP contribution in [0.4, 0.5) is 11.4 Å². The molecule has 0 saturated carbocycles. The molecule has 0 radical (unpaired) electrons. The fourth-order valence-corrected chi connectivity index (χ4v) is 9.95. The maximum atomic E-state index is 4.02. The second-order valence-electron chi connectivity index (χ2n) is 16.4. The fraction of sp³-hybridized carbons (Fsp3) is 0.176. The lowest BCUT2D eigenvalue weighted by atomic mass is 9.61. The van der Waals surface area contributed by atoms with Crippen molar-refractivity contribution in [3.05, 3.63) is 191 Å². The molecule has 0 saturated heterocycles. The van der Waals surface area contributed by atoms with Gasteiger partial charge in [-0.05, 0) is 120 Å². The molecule has 10 rings (SSSR count). The molecule has 0 bridgehead atoms. The average Bonchev–Trinajstić information content (AvgIpc) is 3.64. The molecule has 1 heteroatoms. The lowest BCUT2D eigenvalue weighted by Gasteiger charge is -2.43. The monoisotopic (exact) mass is 669 g/mol. The van der Waals surface area contributed by atoms with Crippen molar-refractivity contribution in [3.8, 4) is 44.5 Å². The first-order valence-corrected chi connectivity index (χ1v) is 18.8. The molecule has 3 aliphatic rings. The van der Waals surface area contributed by atoms with Crippen LogP contribution in [0.3, 0.4) is 0 Å². The van der Waals surface area contributed by atoms with E-state index in [1.165, 1.54) is 84.3 Å². The number of hydrogen-bond acceptors (Lipinski definition) is 1. The van der Waals surface area contributed by atoms with E-state index in [0.717, 1.165) is 17.8 Å². The van der Waals surface area contributed by atoms with Crippen LogP contribution >= 0.6 is 0 Å². The Morgan fingerprint density at radius 2 is 0.885 bits per heavy atom. The summed E-state index contributed by atoms with van der Waals surface area (Å²) in [6.07, 6.45) is 2.35. The number of anilines is 2. The van der Waals surface area contributed by atoms with Crippen LogP contribution in [0, 0.1) is 0 Å². The zero-order valence-electron chi connectivity index (χ0n) is 30.4. The van der Waals surface area contributed by atoms with Crippen LogP contribution in [0.25, 0.3) is 44.5 Å². The largest absolute Gasteiger partial charge is 0.355 e. The second-order valence-corrected chi connectivity index (χ2v) is 16.4.